The SMILES string of the molecule is NCC1CCC2(CC2)O1. The zero-order chi connectivity index (χ0) is 6.32. The van der Waals surface area contributed by atoms with Gasteiger partial charge < -0.3 is 10.5 Å². The minimum atomic E-state index is 0.337. The molecule has 0 aromatic rings. The van der Waals surface area contributed by atoms with Crippen molar-refractivity contribution in [3.63, 3.8) is 0 Å². The lowest BCUT2D eigenvalue weighted by molar-refractivity contribution is 0.0331. The molecule has 1 saturated carbocycles. The van der Waals surface area contributed by atoms with E-state index >= 15 is 0 Å². The lowest BCUT2D eigenvalue weighted by atomic mass is 10.2. The molecule has 1 atom stereocenters. The van der Waals surface area contributed by atoms with Crippen molar-refractivity contribution in [1.29, 1.82) is 0 Å². The van der Waals surface area contributed by atoms with Gasteiger partial charge >= 0.3 is 0 Å². The normalized spacial score (nSPS) is 37.7. The van der Waals surface area contributed by atoms with Crippen LogP contribution in [0.4, 0.5) is 0 Å². The highest BCUT2D eigenvalue weighted by atomic mass is 16.5. The molecule has 0 bridgehead atoms. The third-order valence-electron chi connectivity index (χ3n) is 2.41. The molecular weight excluding hydrogens is 114 g/mol. The molecule has 1 spiro atoms. The van der Waals surface area contributed by atoms with Gasteiger partial charge in [-0.05, 0) is 25.7 Å². The van der Waals surface area contributed by atoms with E-state index < -0.39 is 0 Å². The summed E-state index contributed by atoms with van der Waals surface area (Å²) >= 11 is 0. The average Bonchev–Trinajstić information content (AvgIpc) is 2.44. The van der Waals surface area contributed by atoms with Crippen LogP contribution in [0.5, 0.6) is 0 Å². The fourth-order valence-electron chi connectivity index (χ4n) is 1.57. The van der Waals surface area contributed by atoms with E-state index in [1.165, 1.54) is 25.7 Å². The number of rotatable bonds is 1. The summed E-state index contributed by atoms with van der Waals surface area (Å²) in [7, 11) is 0. The van der Waals surface area contributed by atoms with Gasteiger partial charge in [0.2, 0.25) is 0 Å². The van der Waals surface area contributed by atoms with Gasteiger partial charge in [0.25, 0.3) is 0 Å². The van der Waals surface area contributed by atoms with Crippen LogP contribution in [0.25, 0.3) is 0 Å². The van der Waals surface area contributed by atoms with Gasteiger partial charge in [-0.3, -0.25) is 0 Å². The lowest BCUT2D eigenvalue weighted by Gasteiger charge is -2.08. The van der Waals surface area contributed by atoms with Gasteiger partial charge in [-0.25, -0.2) is 0 Å². The van der Waals surface area contributed by atoms with Crippen molar-refractivity contribution < 1.29 is 4.74 Å². The van der Waals surface area contributed by atoms with Crippen molar-refractivity contribution in [3.05, 3.63) is 0 Å². The maximum Gasteiger partial charge on any atom is 0.0705 e. The first-order valence-corrected chi connectivity index (χ1v) is 3.73. The van der Waals surface area contributed by atoms with Crippen molar-refractivity contribution in [2.75, 3.05) is 6.54 Å². The third kappa shape index (κ3) is 0.864. The molecule has 0 radical (unpaired) electrons. The molecule has 0 aromatic carbocycles. The lowest BCUT2D eigenvalue weighted by Crippen LogP contribution is -2.20. The average molecular weight is 127 g/mol. The minimum absolute atomic E-state index is 0.337. The zero-order valence-corrected chi connectivity index (χ0v) is 5.60. The Bertz CT molecular complexity index is 120. The highest BCUT2D eigenvalue weighted by molar-refractivity contribution is 5.00. The molecule has 1 aliphatic carbocycles. The Morgan fingerprint density at radius 1 is 1.44 bits per heavy atom. The summed E-state index contributed by atoms with van der Waals surface area (Å²) in [4.78, 5) is 0. The molecule has 9 heavy (non-hydrogen) atoms. The summed E-state index contributed by atoms with van der Waals surface area (Å²) in [6.07, 6.45) is 5.39. The van der Waals surface area contributed by atoms with Gasteiger partial charge in [0.05, 0.1) is 11.7 Å². The summed E-state index contributed by atoms with van der Waals surface area (Å²) < 4.78 is 5.68. The van der Waals surface area contributed by atoms with Crippen molar-refractivity contribution in [3.8, 4) is 0 Å². The van der Waals surface area contributed by atoms with Crippen LogP contribution in [0.15, 0.2) is 0 Å². The van der Waals surface area contributed by atoms with Gasteiger partial charge in [0.15, 0.2) is 0 Å². The van der Waals surface area contributed by atoms with Gasteiger partial charge in [0, 0.05) is 6.54 Å². The summed E-state index contributed by atoms with van der Waals surface area (Å²) in [5, 5.41) is 0. The van der Waals surface area contributed by atoms with E-state index in [4.69, 9.17) is 10.5 Å². The molecule has 1 aliphatic heterocycles. The zero-order valence-electron chi connectivity index (χ0n) is 5.60. The summed E-state index contributed by atoms with van der Waals surface area (Å²) in [5.74, 6) is 0. The standard InChI is InChI=1S/C7H13NO/c8-5-6-1-2-7(9-6)3-4-7/h6H,1-5,8H2. The Morgan fingerprint density at radius 3 is 2.56 bits per heavy atom. The second-order valence-corrected chi connectivity index (χ2v) is 3.20. The summed E-state index contributed by atoms with van der Waals surface area (Å²) in [5.41, 5.74) is 5.80. The van der Waals surface area contributed by atoms with Crippen LogP contribution in [-0.2, 0) is 4.74 Å². The molecule has 1 saturated heterocycles. The van der Waals surface area contributed by atoms with Gasteiger partial charge in [-0.15, -0.1) is 0 Å². The molecule has 52 valence electrons. The Morgan fingerprint density at radius 2 is 2.22 bits per heavy atom. The van der Waals surface area contributed by atoms with Crippen LogP contribution < -0.4 is 5.73 Å². The van der Waals surface area contributed by atoms with Gasteiger partial charge in [-0.1, -0.05) is 0 Å². The molecule has 0 aromatic heterocycles. The van der Waals surface area contributed by atoms with E-state index in [-0.39, 0.29) is 0 Å². The Labute approximate surface area is 55.4 Å². The van der Waals surface area contributed by atoms with Crippen molar-refractivity contribution >= 4 is 0 Å². The third-order valence-corrected chi connectivity index (χ3v) is 2.41. The first-order chi connectivity index (χ1) is 4.35. The van der Waals surface area contributed by atoms with E-state index in [1.807, 2.05) is 0 Å². The molecule has 0 amide bonds. The van der Waals surface area contributed by atoms with Crippen molar-refractivity contribution in [1.82, 2.24) is 0 Å². The maximum atomic E-state index is 5.68. The van der Waals surface area contributed by atoms with E-state index in [2.05, 4.69) is 0 Å². The predicted molar refractivity (Wildman–Crippen MR) is 35.1 cm³/mol. The predicted octanol–water partition coefficient (Wildman–Crippen LogP) is 0.657. The summed E-state index contributed by atoms with van der Waals surface area (Å²) in [6, 6.07) is 0. The van der Waals surface area contributed by atoms with Gasteiger partial charge in [-0.2, -0.15) is 0 Å². The number of nitrogens with two attached hydrogens (primary N) is 1. The van der Waals surface area contributed by atoms with Gasteiger partial charge in [0.1, 0.15) is 0 Å². The van der Waals surface area contributed by atoms with E-state index in [0.717, 1.165) is 0 Å². The van der Waals surface area contributed by atoms with E-state index in [9.17, 15) is 0 Å². The monoisotopic (exact) mass is 127 g/mol. The molecule has 2 heteroatoms. The molecular formula is C7H13NO. The fraction of sp³-hybridized carbons (Fsp3) is 1.00. The Kier molecular flexibility index (Phi) is 1.08. The van der Waals surface area contributed by atoms with Crippen LogP contribution in [0.2, 0.25) is 0 Å². The number of hydrogen-bond acceptors (Lipinski definition) is 2. The van der Waals surface area contributed by atoms with E-state index in [1.54, 1.807) is 0 Å². The molecule has 2 N–H and O–H groups in total. The molecule has 1 heterocycles. The van der Waals surface area contributed by atoms with E-state index in [0.29, 0.717) is 18.2 Å². The molecule has 2 fully saturated rings. The second-order valence-electron chi connectivity index (χ2n) is 3.20. The molecule has 2 nitrogen and oxygen atoms in total. The number of ether oxygens (including phenoxy) is 1. The topological polar surface area (TPSA) is 35.2 Å². The highest BCUT2D eigenvalue weighted by Crippen LogP contribution is 2.49. The maximum absolute atomic E-state index is 5.68. The first kappa shape index (κ1) is 5.69. The van der Waals surface area contributed by atoms with Crippen molar-refractivity contribution in [2.24, 2.45) is 5.73 Å². The summed E-state index contributed by atoms with van der Waals surface area (Å²) in [6.45, 7) is 0.710. The van der Waals surface area contributed by atoms with Crippen LogP contribution in [-0.4, -0.2) is 18.2 Å². The quantitative estimate of drug-likeness (QED) is 0.561. The molecule has 2 aliphatic rings. The second kappa shape index (κ2) is 1.70. The number of hydrogen-bond donors (Lipinski definition) is 1. The minimum Gasteiger partial charge on any atom is -0.370 e. The largest absolute Gasteiger partial charge is 0.370 e. The molecule has 2 rings (SSSR count). The van der Waals surface area contributed by atoms with Crippen LogP contribution in [0, 0.1) is 0 Å². The van der Waals surface area contributed by atoms with Crippen molar-refractivity contribution in [2.45, 2.75) is 37.4 Å². The highest BCUT2D eigenvalue weighted by Gasteiger charge is 2.49. The van der Waals surface area contributed by atoms with Crippen LogP contribution in [0.3, 0.4) is 0 Å². The smallest absolute Gasteiger partial charge is 0.0705 e. The molecule has 1 unspecified atom stereocenters. The van der Waals surface area contributed by atoms with Crippen LogP contribution >= 0.6 is 0 Å². The first-order valence-electron chi connectivity index (χ1n) is 3.73. The van der Waals surface area contributed by atoms with Crippen LogP contribution in [0.1, 0.15) is 25.7 Å². The fourth-order valence-corrected chi connectivity index (χ4v) is 1.57. The Balaban J connectivity index is 1.93. The Hall–Kier alpha value is -0.0800.